The number of carbonyl (C=O) groups is 1. The van der Waals surface area contributed by atoms with Crippen molar-refractivity contribution in [1.29, 1.82) is 0 Å². The zero-order valence-electron chi connectivity index (χ0n) is 14.1. The van der Waals surface area contributed by atoms with Crippen LogP contribution >= 0.6 is 0 Å². The van der Waals surface area contributed by atoms with Crippen LogP contribution in [0.25, 0.3) is 0 Å². The number of hydrogen-bond acceptors (Lipinski definition) is 3. The highest BCUT2D eigenvalue weighted by atomic mass is 16.3. The number of phenolic OH excluding ortho intramolecular Hbond substituents is 1. The van der Waals surface area contributed by atoms with E-state index in [-0.39, 0.29) is 11.8 Å². The summed E-state index contributed by atoms with van der Waals surface area (Å²) in [5, 5.41) is 19.5. The summed E-state index contributed by atoms with van der Waals surface area (Å²) in [4.78, 5) is 12.1. The fourth-order valence-corrected chi connectivity index (χ4v) is 2.84. The first kappa shape index (κ1) is 16.4. The van der Waals surface area contributed by atoms with Crippen molar-refractivity contribution in [2.45, 2.75) is 39.2 Å². The number of carbonyl (C=O) groups excluding carboxylic acids is 1. The second kappa shape index (κ2) is 6.95. The molecule has 1 aromatic heterocycles. The summed E-state index contributed by atoms with van der Waals surface area (Å²) >= 11 is 0. The highest BCUT2D eigenvalue weighted by Crippen LogP contribution is 2.40. The highest BCUT2D eigenvalue weighted by Gasteiger charge is 2.31. The zero-order chi connectivity index (χ0) is 17.1. The van der Waals surface area contributed by atoms with E-state index in [2.05, 4.69) is 22.7 Å². The lowest BCUT2D eigenvalue weighted by molar-refractivity contribution is 0.252. The summed E-state index contributed by atoms with van der Waals surface area (Å²) in [6, 6.07) is 8.99. The van der Waals surface area contributed by atoms with Crippen LogP contribution in [0, 0.1) is 12.8 Å². The number of urea groups is 1. The number of nitrogens with zero attached hydrogens (tertiary/aromatic N) is 2. The van der Waals surface area contributed by atoms with Gasteiger partial charge in [-0.1, -0.05) is 12.1 Å². The van der Waals surface area contributed by atoms with Gasteiger partial charge in [-0.05, 0) is 56.7 Å². The molecule has 1 aliphatic rings. The molecule has 6 nitrogen and oxygen atoms in total. The molecule has 1 atom stereocenters. The van der Waals surface area contributed by atoms with E-state index in [0.29, 0.717) is 24.9 Å². The summed E-state index contributed by atoms with van der Waals surface area (Å²) in [5.74, 6) is 1.66. The molecule has 0 bridgehead atoms. The number of amides is 2. The minimum atomic E-state index is -0.224. The largest absolute Gasteiger partial charge is 0.508 e. The van der Waals surface area contributed by atoms with Crippen LogP contribution in [0.3, 0.4) is 0 Å². The normalized spacial score (nSPS) is 15.1. The third-order valence-corrected chi connectivity index (χ3v) is 4.43. The summed E-state index contributed by atoms with van der Waals surface area (Å²) in [5.41, 5.74) is 1.97. The van der Waals surface area contributed by atoms with Gasteiger partial charge in [0.2, 0.25) is 0 Å². The highest BCUT2D eigenvalue weighted by molar-refractivity contribution is 5.88. The molecule has 0 spiro atoms. The summed E-state index contributed by atoms with van der Waals surface area (Å²) in [6.07, 6.45) is 3.18. The first-order chi connectivity index (χ1) is 11.5. The van der Waals surface area contributed by atoms with Gasteiger partial charge < -0.3 is 10.4 Å². The van der Waals surface area contributed by atoms with Crippen molar-refractivity contribution in [2.75, 3.05) is 11.9 Å². The van der Waals surface area contributed by atoms with Crippen LogP contribution < -0.4 is 10.6 Å². The van der Waals surface area contributed by atoms with E-state index in [4.69, 9.17) is 0 Å². The molecule has 0 aliphatic heterocycles. The predicted octanol–water partition coefficient (Wildman–Crippen LogP) is 3.23. The topological polar surface area (TPSA) is 79.2 Å². The number of hydrogen-bond donors (Lipinski definition) is 3. The number of aromatic nitrogens is 2. The van der Waals surface area contributed by atoms with Gasteiger partial charge in [-0.3, -0.25) is 5.32 Å². The molecular weight excluding hydrogens is 304 g/mol. The maximum absolute atomic E-state index is 12.1. The molecule has 128 valence electrons. The Morgan fingerprint density at radius 1 is 1.38 bits per heavy atom. The van der Waals surface area contributed by atoms with Crippen LogP contribution in [0.15, 0.2) is 30.3 Å². The minimum Gasteiger partial charge on any atom is -0.508 e. The first-order valence-electron chi connectivity index (χ1n) is 8.42. The second-order valence-corrected chi connectivity index (χ2v) is 6.49. The zero-order valence-corrected chi connectivity index (χ0v) is 14.1. The number of aromatic hydroxyl groups is 1. The fraction of sp³-hybridized carbons (Fsp3) is 0.444. The Balaban J connectivity index is 1.52. The van der Waals surface area contributed by atoms with Gasteiger partial charge in [0.1, 0.15) is 11.6 Å². The van der Waals surface area contributed by atoms with Gasteiger partial charge in [-0.25, -0.2) is 9.48 Å². The first-order valence-corrected chi connectivity index (χ1v) is 8.42. The molecule has 1 saturated carbocycles. The molecule has 2 amide bonds. The molecule has 1 fully saturated rings. The van der Waals surface area contributed by atoms with Crippen LogP contribution in [0.2, 0.25) is 0 Å². The van der Waals surface area contributed by atoms with Crippen molar-refractivity contribution in [3.63, 3.8) is 0 Å². The third-order valence-electron chi connectivity index (χ3n) is 4.43. The van der Waals surface area contributed by atoms with Gasteiger partial charge >= 0.3 is 6.03 Å². The Hall–Kier alpha value is -2.50. The molecule has 1 aromatic carbocycles. The van der Waals surface area contributed by atoms with Gasteiger partial charge in [0.15, 0.2) is 0 Å². The van der Waals surface area contributed by atoms with Crippen LogP contribution in [0.5, 0.6) is 5.75 Å². The number of anilines is 1. The predicted molar refractivity (Wildman–Crippen MR) is 93.2 cm³/mol. The molecular formula is C18H24N4O2. The summed E-state index contributed by atoms with van der Waals surface area (Å²) < 4.78 is 1.92. The van der Waals surface area contributed by atoms with Crippen molar-refractivity contribution >= 4 is 11.8 Å². The van der Waals surface area contributed by atoms with Gasteiger partial charge in [-0.2, -0.15) is 5.10 Å². The quantitative estimate of drug-likeness (QED) is 0.761. The molecule has 1 aliphatic carbocycles. The SMILES string of the molecule is Cc1cc(NC(=O)NCCc2ccc(O)cc2)n([C@@H](C)C2CC2)n1. The minimum absolute atomic E-state index is 0.224. The number of rotatable bonds is 6. The van der Waals surface area contributed by atoms with Gasteiger partial charge in [-0.15, -0.1) is 0 Å². The summed E-state index contributed by atoms with van der Waals surface area (Å²) in [7, 11) is 0. The van der Waals surface area contributed by atoms with E-state index in [9.17, 15) is 9.90 Å². The van der Waals surface area contributed by atoms with E-state index >= 15 is 0 Å². The molecule has 24 heavy (non-hydrogen) atoms. The monoisotopic (exact) mass is 328 g/mol. The lowest BCUT2D eigenvalue weighted by atomic mass is 10.1. The fourth-order valence-electron chi connectivity index (χ4n) is 2.84. The van der Waals surface area contributed by atoms with E-state index in [0.717, 1.165) is 17.1 Å². The lowest BCUT2D eigenvalue weighted by Crippen LogP contribution is -2.31. The number of aryl methyl sites for hydroxylation is 1. The Morgan fingerprint density at radius 3 is 2.75 bits per heavy atom. The maximum Gasteiger partial charge on any atom is 0.320 e. The van der Waals surface area contributed by atoms with E-state index < -0.39 is 0 Å². The van der Waals surface area contributed by atoms with Crippen molar-refractivity contribution in [2.24, 2.45) is 5.92 Å². The van der Waals surface area contributed by atoms with E-state index in [1.807, 2.05) is 29.8 Å². The van der Waals surface area contributed by atoms with Crippen molar-refractivity contribution < 1.29 is 9.90 Å². The van der Waals surface area contributed by atoms with Crippen LogP contribution in [0.4, 0.5) is 10.6 Å². The molecule has 3 rings (SSSR count). The average molecular weight is 328 g/mol. The second-order valence-electron chi connectivity index (χ2n) is 6.49. The maximum atomic E-state index is 12.1. The molecule has 6 heteroatoms. The third kappa shape index (κ3) is 4.07. The molecule has 0 unspecified atom stereocenters. The Labute approximate surface area is 141 Å². The van der Waals surface area contributed by atoms with Crippen LogP contribution in [0.1, 0.15) is 37.1 Å². The van der Waals surface area contributed by atoms with Crippen molar-refractivity contribution in [3.8, 4) is 5.75 Å². The Morgan fingerprint density at radius 2 is 2.08 bits per heavy atom. The smallest absolute Gasteiger partial charge is 0.320 e. The number of phenols is 1. The van der Waals surface area contributed by atoms with Crippen LogP contribution in [-0.4, -0.2) is 27.5 Å². The molecule has 2 aromatic rings. The van der Waals surface area contributed by atoms with Crippen molar-refractivity contribution in [1.82, 2.24) is 15.1 Å². The van der Waals surface area contributed by atoms with Gasteiger partial charge in [0.25, 0.3) is 0 Å². The lowest BCUT2D eigenvalue weighted by Gasteiger charge is -2.15. The Bertz CT molecular complexity index is 704. The van der Waals surface area contributed by atoms with Crippen molar-refractivity contribution in [3.05, 3.63) is 41.6 Å². The van der Waals surface area contributed by atoms with Gasteiger partial charge in [0.05, 0.1) is 11.7 Å². The molecule has 3 N–H and O–H groups in total. The average Bonchev–Trinajstić information content (AvgIpc) is 3.33. The van der Waals surface area contributed by atoms with Crippen LogP contribution in [-0.2, 0) is 6.42 Å². The molecule has 0 radical (unpaired) electrons. The van der Waals surface area contributed by atoms with Gasteiger partial charge in [0, 0.05) is 12.6 Å². The van der Waals surface area contributed by atoms with E-state index in [1.165, 1.54) is 12.8 Å². The van der Waals surface area contributed by atoms with E-state index in [1.54, 1.807) is 12.1 Å². The summed E-state index contributed by atoms with van der Waals surface area (Å²) in [6.45, 7) is 4.62. The molecule has 1 heterocycles. The Kier molecular flexibility index (Phi) is 4.74. The molecule has 0 saturated heterocycles. The number of benzene rings is 1. The standard InChI is InChI=1S/C18H24N4O2/c1-12-11-17(22(21-12)13(2)15-5-6-15)20-18(24)19-10-9-14-3-7-16(23)8-4-14/h3-4,7-8,11,13,15,23H,5-6,9-10H2,1-2H3,(H2,19,20,24)/t13-/m0/s1. The number of nitrogens with one attached hydrogen (secondary N) is 2.